The average molecular weight is 467 g/mol. The first-order valence-corrected chi connectivity index (χ1v) is 13.3. The molecule has 0 aliphatic carbocycles. The van der Waals surface area contributed by atoms with Crippen molar-refractivity contribution in [3.8, 4) is 10.7 Å². The monoisotopic (exact) mass is 466 g/mol. The summed E-state index contributed by atoms with van der Waals surface area (Å²) in [5, 5.41) is 3.96. The van der Waals surface area contributed by atoms with E-state index < -0.39 is 10.0 Å². The highest BCUT2D eigenvalue weighted by molar-refractivity contribution is 7.89. The number of likely N-dealkylation sites (tertiary alicyclic amines) is 1. The number of sulfonamides is 1. The number of aromatic nitrogens is 2. The Kier molecular flexibility index (Phi) is 6.50. The van der Waals surface area contributed by atoms with Crippen LogP contribution in [-0.2, 0) is 21.2 Å². The summed E-state index contributed by atoms with van der Waals surface area (Å²) in [5.74, 6) is 1.43. The van der Waals surface area contributed by atoms with Crippen LogP contribution < -0.4 is 0 Å². The molecule has 0 radical (unpaired) electrons. The number of amides is 1. The molecule has 2 aliphatic heterocycles. The zero-order valence-corrected chi connectivity index (χ0v) is 20.0. The number of aryl methyl sites for hydroxylation is 2. The molecule has 0 bridgehead atoms. The maximum atomic E-state index is 13.4. The van der Waals surface area contributed by atoms with Crippen molar-refractivity contribution < 1.29 is 17.7 Å². The van der Waals surface area contributed by atoms with Gasteiger partial charge in [-0.15, -0.1) is 11.3 Å². The Morgan fingerprint density at radius 1 is 1.26 bits per heavy atom. The summed E-state index contributed by atoms with van der Waals surface area (Å²) in [7, 11) is -3.70. The standard InChI is InChI=1S/C21H30N4O4S2/c1-4-19-22-20(23-29-19)17-12-18(15(3)30-17)31(27,28)25-9-5-6-16(13-25)21(26)24-10-7-14(2)8-11-24/h12,14,16H,4-11,13H2,1-3H3/t16-/m1/s1. The summed E-state index contributed by atoms with van der Waals surface area (Å²) in [6.07, 6.45) is 4.11. The van der Waals surface area contributed by atoms with Gasteiger partial charge in [0, 0.05) is 37.5 Å². The fraction of sp³-hybridized carbons (Fsp3) is 0.667. The smallest absolute Gasteiger partial charge is 0.244 e. The van der Waals surface area contributed by atoms with Crippen molar-refractivity contribution in [2.45, 2.75) is 57.8 Å². The number of thiophene rings is 1. The van der Waals surface area contributed by atoms with Crippen molar-refractivity contribution in [3.63, 3.8) is 0 Å². The topological polar surface area (TPSA) is 96.6 Å². The molecule has 2 fully saturated rings. The Bertz CT molecular complexity index is 1040. The van der Waals surface area contributed by atoms with Crippen LogP contribution in [0.4, 0.5) is 0 Å². The van der Waals surface area contributed by atoms with Crippen LogP contribution >= 0.6 is 11.3 Å². The summed E-state index contributed by atoms with van der Waals surface area (Å²) < 4.78 is 33.5. The van der Waals surface area contributed by atoms with Crippen molar-refractivity contribution in [2.75, 3.05) is 26.2 Å². The van der Waals surface area contributed by atoms with Gasteiger partial charge in [-0.05, 0) is 44.6 Å². The predicted molar refractivity (Wildman–Crippen MR) is 118 cm³/mol. The number of nitrogens with zero attached hydrogens (tertiary/aromatic N) is 4. The van der Waals surface area contributed by atoms with E-state index in [1.807, 2.05) is 11.8 Å². The Morgan fingerprint density at radius 2 is 2.00 bits per heavy atom. The van der Waals surface area contributed by atoms with Gasteiger partial charge >= 0.3 is 0 Å². The van der Waals surface area contributed by atoms with Crippen LogP contribution in [-0.4, -0.2) is 59.8 Å². The normalized spacial score (nSPS) is 21.5. The molecular weight excluding hydrogens is 436 g/mol. The van der Waals surface area contributed by atoms with Crippen molar-refractivity contribution >= 4 is 27.3 Å². The third-order valence-electron chi connectivity index (χ3n) is 6.31. The Morgan fingerprint density at radius 3 is 2.68 bits per heavy atom. The molecule has 0 saturated carbocycles. The minimum absolute atomic E-state index is 0.105. The van der Waals surface area contributed by atoms with Gasteiger partial charge in [0.1, 0.15) is 0 Å². The van der Waals surface area contributed by atoms with Crippen LogP contribution in [0.15, 0.2) is 15.5 Å². The van der Waals surface area contributed by atoms with Crippen LogP contribution in [0, 0.1) is 18.8 Å². The van der Waals surface area contributed by atoms with Crippen LogP contribution in [0.1, 0.15) is 50.3 Å². The lowest BCUT2D eigenvalue weighted by Crippen LogP contribution is -2.48. The van der Waals surface area contributed by atoms with Gasteiger partial charge in [-0.2, -0.15) is 9.29 Å². The first-order valence-electron chi connectivity index (χ1n) is 11.0. The Hall–Kier alpha value is -1.78. The molecule has 2 aromatic heterocycles. The first kappa shape index (κ1) is 22.4. The molecule has 1 atom stereocenters. The lowest BCUT2D eigenvalue weighted by atomic mass is 9.94. The highest BCUT2D eigenvalue weighted by atomic mass is 32.2. The molecule has 170 valence electrons. The minimum atomic E-state index is -3.70. The van der Waals surface area contributed by atoms with E-state index in [0.29, 0.717) is 46.8 Å². The summed E-state index contributed by atoms with van der Waals surface area (Å²) >= 11 is 1.35. The van der Waals surface area contributed by atoms with Crippen molar-refractivity contribution in [1.82, 2.24) is 19.3 Å². The fourth-order valence-electron chi connectivity index (χ4n) is 4.32. The minimum Gasteiger partial charge on any atom is -0.342 e. The molecule has 31 heavy (non-hydrogen) atoms. The number of carbonyl (C=O) groups is 1. The fourth-order valence-corrected chi connectivity index (χ4v) is 7.33. The second kappa shape index (κ2) is 8.99. The van der Waals surface area contributed by atoms with Gasteiger partial charge in [0.05, 0.1) is 15.7 Å². The van der Waals surface area contributed by atoms with Crippen LogP contribution in [0.25, 0.3) is 10.7 Å². The molecule has 4 rings (SSSR count). The largest absolute Gasteiger partial charge is 0.342 e. The summed E-state index contributed by atoms with van der Waals surface area (Å²) in [6.45, 7) is 8.18. The SMILES string of the molecule is CCc1nc(-c2cc(S(=O)(=O)N3CCC[C@@H](C(=O)N4CCC(C)CC4)C3)c(C)s2)no1. The van der Waals surface area contributed by atoms with Crippen molar-refractivity contribution in [3.05, 3.63) is 16.8 Å². The molecule has 4 heterocycles. The summed E-state index contributed by atoms with van der Waals surface area (Å²) in [6, 6.07) is 1.64. The lowest BCUT2D eigenvalue weighted by Gasteiger charge is -2.36. The molecule has 0 spiro atoms. The predicted octanol–water partition coefficient (Wildman–Crippen LogP) is 3.33. The van der Waals surface area contributed by atoms with Gasteiger partial charge in [0.2, 0.25) is 27.6 Å². The summed E-state index contributed by atoms with van der Waals surface area (Å²) in [5.41, 5.74) is 0. The maximum absolute atomic E-state index is 13.4. The van der Waals surface area contributed by atoms with Gasteiger partial charge in [0.15, 0.2) is 0 Å². The average Bonchev–Trinajstić information content (AvgIpc) is 3.40. The number of rotatable bonds is 5. The first-order chi connectivity index (χ1) is 14.8. The zero-order valence-electron chi connectivity index (χ0n) is 18.3. The van der Waals surface area contributed by atoms with Crippen molar-refractivity contribution in [2.24, 2.45) is 11.8 Å². The molecule has 8 nitrogen and oxygen atoms in total. The second-order valence-electron chi connectivity index (χ2n) is 8.61. The van der Waals surface area contributed by atoms with E-state index in [4.69, 9.17) is 4.52 Å². The van der Waals surface area contributed by atoms with E-state index in [9.17, 15) is 13.2 Å². The molecular formula is C21H30N4O4S2. The highest BCUT2D eigenvalue weighted by Gasteiger charge is 2.37. The van der Waals surface area contributed by atoms with Crippen molar-refractivity contribution in [1.29, 1.82) is 0 Å². The number of hydrogen-bond donors (Lipinski definition) is 0. The third-order valence-corrected chi connectivity index (χ3v) is 9.48. The van der Waals surface area contributed by atoms with Gasteiger partial charge in [0.25, 0.3) is 0 Å². The molecule has 0 N–H and O–H groups in total. The van der Waals surface area contributed by atoms with E-state index in [-0.39, 0.29) is 23.3 Å². The van der Waals surface area contributed by atoms with Gasteiger partial charge in [-0.3, -0.25) is 4.79 Å². The van der Waals surface area contributed by atoms with Crippen LogP contribution in [0.5, 0.6) is 0 Å². The molecule has 2 aromatic rings. The quantitative estimate of drug-likeness (QED) is 0.671. The third kappa shape index (κ3) is 4.56. The Balaban J connectivity index is 1.51. The number of piperidine rings is 2. The molecule has 0 aromatic carbocycles. The summed E-state index contributed by atoms with van der Waals surface area (Å²) in [4.78, 5) is 20.9. The van der Waals surface area contributed by atoms with Crippen LogP contribution in [0.3, 0.4) is 0 Å². The molecule has 10 heteroatoms. The van der Waals surface area contributed by atoms with Gasteiger partial charge < -0.3 is 9.42 Å². The highest BCUT2D eigenvalue weighted by Crippen LogP contribution is 2.35. The van der Waals surface area contributed by atoms with E-state index in [0.717, 1.165) is 32.4 Å². The van der Waals surface area contributed by atoms with E-state index in [1.54, 1.807) is 13.0 Å². The van der Waals surface area contributed by atoms with Gasteiger partial charge in [-0.25, -0.2) is 8.42 Å². The molecule has 0 unspecified atom stereocenters. The van der Waals surface area contributed by atoms with Crippen LogP contribution in [0.2, 0.25) is 0 Å². The maximum Gasteiger partial charge on any atom is 0.244 e. The molecule has 2 aliphatic rings. The lowest BCUT2D eigenvalue weighted by molar-refractivity contribution is -0.138. The number of carbonyl (C=O) groups excluding carboxylic acids is 1. The Labute approximate surface area is 187 Å². The van der Waals surface area contributed by atoms with E-state index >= 15 is 0 Å². The zero-order chi connectivity index (χ0) is 22.2. The second-order valence-corrected chi connectivity index (χ2v) is 11.8. The molecule has 2 saturated heterocycles. The molecule has 1 amide bonds. The number of hydrogen-bond acceptors (Lipinski definition) is 7. The van der Waals surface area contributed by atoms with E-state index in [2.05, 4.69) is 17.1 Å². The van der Waals surface area contributed by atoms with E-state index in [1.165, 1.54) is 15.6 Å². The van der Waals surface area contributed by atoms with Gasteiger partial charge in [-0.1, -0.05) is 19.0 Å².